The molecule has 24 heavy (non-hydrogen) atoms. The Morgan fingerprint density at radius 1 is 1.29 bits per heavy atom. The molecule has 128 valence electrons. The van der Waals surface area contributed by atoms with Gasteiger partial charge in [-0.15, -0.1) is 0 Å². The zero-order chi connectivity index (χ0) is 16.9. The summed E-state index contributed by atoms with van der Waals surface area (Å²) >= 11 is 8.11. The first-order chi connectivity index (χ1) is 11.7. The third-order valence-electron chi connectivity index (χ3n) is 3.80. The van der Waals surface area contributed by atoms with Gasteiger partial charge in [0.25, 0.3) is 0 Å². The molecule has 2 heterocycles. The zero-order valence-corrected chi connectivity index (χ0v) is 16.1. The molecule has 2 aromatic rings. The van der Waals surface area contributed by atoms with Crippen LogP contribution >= 0.6 is 34.2 Å². The summed E-state index contributed by atoms with van der Waals surface area (Å²) in [7, 11) is 0. The second kappa shape index (κ2) is 8.17. The number of hydrogen-bond acceptors (Lipinski definition) is 6. The standard InChI is InChI=1S/C16H18ClIN4O2/c1-11(12-2-3-13-14(6-12)24-10-23-13)19-4-5-22(9-18)16-8-20-15(17)7-21-16/h2-3,6-8,11,19H,4-5,9-10H2,1H3. The number of benzene rings is 1. The normalized spacial score (nSPS) is 13.8. The quantitative estimate of drug-likeness (QED) is 0.388. The van der Waals surface area contributed by atoms with Crippen LogP contribution in [0.5, 0.6) is 11.5 Å². The maximum absolute atomic E-state index is 5.79. The van der Waals surface area contributed by atoms with Crippen molar-refractivity contribution in [3.8, 4) is 11.5 Å². The number of halogens is 2. The monoisotopic (exact) mass is 460 g/mol. The topological polar surface area (TPSA) is 59.5 Å². The Morgan fingerprint density at radius 3 is 2.88 bits per heavy atom. The van der Waals surface area contributed by atoms with Crippen molar-refractivity contribution in [1.82, 2.24) is 15.3 Å². The smallest absolute Gasteiger partial charge is 0.231 e. The van der Waals surface area contributed by atoms with Crippen LogP contribution in [0.4, 0.5) is 5.82 Å². The van der Waals surface area contributed by atoms with Crippen molar-refractivity contribution in [1.29, 1.82) is 0 Å². The van der Waals surface area contributed by atoms with E-state index in [4.69, 9.17) is 21.1 Å². The molecule has 1 aliphatic heterocycles. The largest absolute Gasteiger partial charge is 0.454 e. The summed E-state index contributed by atoms with van der Waals surface area (Å²) < 4.78 is 11.6. The molecule has 0 saturated carbocycles. The number of rotatable bonds is 7. The predicted octanol–water partition coefficient (Wildman–Crippen LogP) is 3.41. The molecule has 0 saturated heterocycles. The van der Waals surface area contributed by atoms with Crippen LogP contribution in [0, 0.1) is 0 Å². The molecular weight excluding hydrogens is 443 g/mol. The summed E-state index contributed by atoms with van der Waals surface area (Å²) in [5.74, 6) is 2.45. The van der Waals surface area contributed by atoms with E-state index in [1.54, 1.807) is 12.4 Å². The molecule has 1 aromatic carbocycles. The van der Waals surface area contributed by atoms with E-state index in [0.717, 1.165) is 35.0 Å². The SMILES string of the molecule is CC(NCCN(CI)c1cnc(Cl)cn1)c1ccc2c(c1)OCO2. The molecule has 1 aromatic heterocycles. The van der Waals surface area contributed by atoms with Crippen LogP contribution in [-0.4, -0.2) is 34.4 Å². The van der Waals surface area contributed by atoms with E-state index >= 15 is 0 Å². The Balaban J connectivity index is 1.54. The van der Waals surface area contributed by atoms with Gasteiger partial charge in [-0.1, -0.05) is 40.3 Å². The van der Waals surface area contributed by atoms with Crippen molar-refractivity contribution in [2.75, 3.05) is 29.3 Å². The molecule has 1 aliphatic rings. The van der Waals surface area contributed by atoms with Gasteiger partial charge in [0.1, 0.15) is 11.0 Å². The van der Waals surface area contributed by atoms with Crippen LogP contribution in [0.25, 0.3) is 0 Å². The first-order valence-electron chi connectivity index (χ1n) is 7.59. The molecule has 6 nitrogen and oxygen atoms in total. The molecular formula is C16H18ClIN4O2. The van der Waals surface area contributed by atoms with E-state index < -0.39 is 0 Å². The highest BCUT2D eigenvalue weighted by molar-refractivity contribution is 14.1. The van der Waals surface area contributed by atoms with Gasteiger partial charge in [0.05, 0.1) is 16.9 Å². The predicted molar refractivity (Wildman–Crippen MR) is 102 cm³/mol. The van der Waals surface area contributed by atoms with Gasteiger partial charge in [0, 0.05) is 19.1 Å². The fourth-order valence-corrected chi connectivity index (χ4v) is 3.21. The minimum atomic E-state index is 0.215. The second-order valence-corrected chi connectivity index (χ2v) is 6.44. The van der Waals surface area contributed by atoms with Gasteiger partial charge in [-0.3, -0.25) is 0 Å². The highest BCUT2D eigenvalue weighted by Gasteiger charge is 2.15. The van der Waals surface area contributed by atoms with E-state index in [9.17, 15) is 0 Å². The Labute approximate surface area is 159 Å². The summed E-state index contributed by atoms with van der Waals surface area (Å²) in [6, 6.07) is 6.26. The molecule has 1 N–H and O–H groups in total. The lowest BCUT2D eigenvalue weighted by molar-refractivity contribution is 0.174. The maximum atomic E-state index is 5.79. The first kappa shape index (κ1) is 17.5. The van der Waals surface area contributed by atoms with Gasteiger partial charge in [-0.25, -0.2) is 9.97 Å². The summed E-state index contributed by atoms with van der Waals surface area (Å²) in [4.78, 5) is 10.5. The van der Waals surface area contributed by atoms with Crippen LogP contribution in [0.2, 0.25) is 5.15 Å². The second-order valence-electron chi connectivity index (χ2n) is 5.37. The van der Waals surface area contributed by atoms with Crippen LogP contribution in [0.15, 0.2) is 30.6 Å². The third kappa shape index (κ3) is 4.20. The van der Waals surface area contributed by atoms with Crippen LogP contribution < -0.4 is 19.7 Å². The van der Waals surface area contributed by atoms with Gasteiger partial charge in [0.15, 0.2) is 11.5 Å². The number of aromatic nitrogens is 2. The molecule has 0 fully saturated rings. The van der Waals surface area contributed by atoms with E-state index in [0.29, 0.717) is 11.9 Å². The van der Waals surface area contributed by atoms with Crippen molar-refractivity contribution < 1.29 is 9.47 Å². The van der Waals surface area contributed by atoms with Gasteiger partial charge in [-0.05, 0) is 24.6 Å². The Morgan fingerprint density at radius 2 is 2.12 bits per heavy atom. The lowest BCUT2D eigenvalue weighted by Crippen LogP contribution is -2.33. The Hall–Kier alpha value is -1.32. The molecule has 3 rings (SSSR count). The molecule has 1 unspecified atom stereocenters. The van der Waals surface area contributed by atoms with E-state index in [-0.39, 0.29) is 6.04 Å². The van der Waals surface area contributed by atoms with Crippen molar-refractivity contribution >= 4 is 40.0 Å². The average molecular weight is 461 g/mol. The highest BCUT2D eigenvalue weighted by Crippen LogP contribution is 2.34. The van der Waals surface area contributed by atoms with Gasteiger partial charge >= 0.3 is 0 Å². The molecule has 0 radical (unpaired) electrons. The minimum Gasteiger partial charge on any atom is -0.454 e. The average Bonchev–Trinajstić information content (AvgIpc) is 3.07. The fraction of sp³-hybridized carbons (Fsp3) is 0.375. The summed E-state index contributed by atoms with van der Waals surface area (Å²) in [6.45, 7) is 4.08. The number of hydrogen-bond donors (Lipinski definition) is 1. The molecule has 0 bridgehead atoms. The molecule has 1 atom stereocenters. The van der Waals surface area contributed by atoms with Gasteiger partial charge in [0.2, 0.25) is 6.79 Å². The van der Waals surface area contributed by atoms with Gasteiger partial charge < -0.3 is 19.7 Å². The lowest BCUT2D eigenvalue weighted by atomic mass is 10.1. The molecule has 8 heteroatoms. The van der Waals surface area contributed by atoms with E-state index in [1.807, 2.05) is 12.1 Å². The fourth-order valence-electron chi connectivity index (χ4n) is 2.42. The first-order valence-corrected chi connectivity index (χ1v) is 9.49. The van der Waals surface area contributed by atoms with Crippen molar-refractivity contribution in [3.63, 3.8) is 0 Å². The number of alkyl halides is 1. The lowest BCUT2D eigenvalue weighted by Gasteiger charge is -2.22. The molecule has 0 amide bonds. The summed E-state index contributed by atoms with van der Waals surface area (Å²) in [6.07, 6.45) is 3.26. The summed E-state index contributed by atoms with van der Waals surface area (Å²) in [5.41, 5.74) is 1.17. The number of fused-ring (bicyclic) bond motifs is 1. The van der Waals surface area contributed by atoms with E-state index in [1.165, 1.54) is 5.56 Å². The zero-order valence-electron chi connectivity index (χ0n) is 13.2. The minimum absolute atomic E-state index is 0.215. The van der Waals surface area contributed by atoms with Crippen molar-refractivity contribution in [3.05, 3.63) is 41.3 Å². The number of nitrogens with zero attached hydrogens (tertiary/aromatic N) is 3. The third-order valence-corrected chi connectivity index (χ3v) is 4.82. The Bertz CT molecular complexity index is 686. The van der Waals surface area contributed by atoms with Crippen LogP contribution in [0.1, 0.15) is 18.5 Å². The van der Waals surface area contributed by atoms with E-state index in [2.05, 4.69) is 55.8 Å². The molecule has 0 spiro atoms. The number of nitrogens with one attached hydrogen (secondary N) is 1. The number of anilines is 1. The maximum Gasteiger partial charge on any atom is 0.231 e. The van der Waals surface area contributed by atoms with Crippen LogP contribution in [-0.2, 0) is 0 Å². The number of ether oxygens (including phenoxy) is 2. The molecule has 0 aliphatic carbocycles. The van der Waals surface area contributed by atoms with Gasteiger partial charge in [-0.2, -0.15) is 0 Å². The summed E-state index contributed by atoms with van der Waals surface area (Å²) in [5, 5.41) is 3.92. The highest BCUT2D eigenvalue weighted by atomic mass is 127. The van der Waals surface area contributed by atoms with Crippen molar-refractivity contribution in [2.24, 2.45) is 0 Å². The Kier molecular flexibility index (Phi) is 5.96. The van der Waals surface area contributed by atoms with Crippen LogP contribution in [0.3, 0.4) is 0 Å². The van der Waals surface area contributed by atoms with Crippen molar-refractivity contribution in [2.45, 2.75) is 13.0 Å².